The molecule has 0 saturated heterocycles. The van der Waals surface area contributed by atoms with Gasteiger partial charge in [0.2, 0.25) is 0 Å². The largest absolute Gasteiger partial charge is 0.471 e. The number of hydrogen-bond acceptors (Lipinski definition) is 2. The summed E-state index contributed by atoms with van der Waals surface area (Å²) in [6, 6.07) is 6.28. The van der Waals surface area contributed by atoms with E-state index in [4.69, 9.17) is 5.73 Å². The summed E-state index contributed by atoms with van der Waals surface area (Å²) in [6.45, 7) is -0.191. The fourth-order valence-corrected chi connectivity index (χ4v) is 0.986. The molecule has 0 saturated carbocycles. The van der Waals surface area contributed by atoms with Gasteiger partial charge in [0.1, 0.15) is 0 Å². The van der Waals surface area contributed by atoms with Gasteiger partial charge >= 0.3 is 12.1 Å². The van der Waals surface area contributed by atoms with Crippen molar-refractivity contribution in [2.75, 3.05) is 5.73 Å². The van der Waals surface area contributed by atoms with Crippen LogP contribution in [0, 0.1) is 0 Å². The number of anilines is 1. The summed E-state index contributed by atoms with van der Waals surface area (Å²) in [6.07, 6.45) is -4.85. The summed E-state index contributed by atoms with van der Waals surface area (Å²) < 4.78 is 35.4. The second kappa shape index (κ2) is 4.20. The Labute approximate surface area is 84.1 Å². The Bertz CT molecular complexity index is 363. The molecule has 3 nitrogen and oxygen atoms in total. The minimum absolute atomic E-state index is 0.191. The van der Waals surface area contributed by atoms with E-state index in [1.165, 1.54) is 6.07 Å². The fraction of sp³-hybridized carbons (Fsp3) is 0.222. The van der Waals surface area contributed by atoms with E-state index >= 15 is 0 Å². The van der Waals surface area contributed by atoms with Gasteiger partial charge in [-0.15, -0.1) is 0 Å². The van der Waals surface area contributed by atoms with Crippen LogP contribution in [-0.2, 0) is 11.3 Å². The number of alkyl halides is 3. The number of nitrogens with one attached hydrogen (secondary N) is 1. The summed E-state index contributed by atoms with van der Waals surface area (Å²) in [5.74, 6) is -1.95. The van der Waals surface area contributed by atoms with Crippen molar-refractivity contribution in [2.24, 2.45) is 0 Å². The maximum atomic E-state index is 11.8. The molecule has 0 unspecified atom stereocenters. The lowest BCUT2D eigenvalue weighted by atomic mass is 10.2. The number of benzene rings is 1. The van der Waals surface area contributed by atoms with Crippen molar-refractivity contribution in [3.05, 3.63) is 29.8 Å². The first-order valence-electron chi connectivity index (χ1n) is 4.09. The zero-order valence-electron chi connectivity index (χ0n) is 7.64. The van der Waals surface area contributed by atoms with Gasteiger partial charge in [-0.3, -0.25) is 4.79 Å². The van der Waals surface area contributed by atoms with E-state index in [9.17, 15) is 18.0 Å². The van der Waals surface area contributed by atoms with Gasteiger partial charge in [-0.05, 0) is 17.7 Å². The summed E-state index contributed by atoms with van der Waals surface area (Å²) >= 11 is 0. The number of amides is 1. The van der Waals surface area contributed by atoms with Crippen LogP contribution in [0.3, 0.4) is 0 Å². The van der Waals surface area contributed by atoms with Crippen molar-refractivity contribution in [2.45, 2.75) is 12.7 Å². The second-order valence-electron chi connectivity index (χ2n) is 2.93. The first-order valence-corrected chi connectivity index (χ1v) is 4.09. The maximum Gasteiger partial charge on any atom is 0.471 e. The zero-order valence-corrected chi connectivity index (χ0v) is 7.64. The van der Waals surface area contributed by atoms with Crippen LogP contribution in [0.2, 0.25) is 0 Å². The van der Waals surface area contributed by atoms with Crippen LogP contribution in [0.25, 0.3) is 0 Å². The highest BCUT2D eigenvalue weighted by Gasteiger charge is 2.38. The number of carbonyl (C=O) groups excluding carboxylic acids is 1. The Morgan fingerprint density at radius 1 is 1.40 bits per heavy atom. The summed E-state index contributed by atoms with van der Waals surface area (Å²) in [7, 11) is 0. The number of rotatable bonds is 2. The smallest absolute Gasteiger partial charge is 0.399 e. The average molecular weight is 218 g/mol. The molecule has 1 aromatic rings. The van der Waals surface area contributed by atoms with Gasteiger partial charge in [-0.25, -0.2) is 0 Å². The fourth-order valence-electron chi connectivity index (χ4n) is 0.986. The lowest BCUT2D eigenvalue weighted by Gasteiger charge is -2.07. The molecule has 0 fully saturated rings. The SMILES string of the molecule is Nc1cccc(CNC(=O)C(F)(F)F)c1. The van der Waals surface area contributed by atoms with Crippen LogP contribution in [0.1, 0.15) is 5.56 Å². The Morgan fingerprint density at radius 2 is 2.07 bits per heavy atom. The standard InChI is InChI=1S/C9H9F3N2O/c10-9(11,12)8(15)14-5-6-2-1-3-7(13)4-6/h1-4H,5,13H2,(H,14,15). The molecule has 3 N–H and O–H groups in total. The Balaban J connectivity index is 2.55. The number of hydrogen-bond donors (Lipinski definition) is 2. The van der Waals surface area contributed by atoms with E-state index in [-0.39, 0.29) is 6.54 Å². The Morgan fingerprint density at radius 3 is 2.60 bits per heavy atom. The third-order valence-electron chi connectivity index (χ3n) is 1.66. The quantitative estimate of drug-likeness (QED) is 0.738. The lowest BCUT2D eigenvalue weighted by molar-refractivity contribution is -0.173. The van der Waals surface area contributed by atoms with Crippen molar-refractivity contribution in [1.29, 1.82) is 0 Å². The molecule has 0 spiro atoms. The van der Waals surface area contributed by atoms with Gasteiger partial charge < -0.3 is 11.1 Å². The van der Waals surface area contributed by atoms with Gasteiger partial charge in [0, 0.05) is 12.2 Å². The van der Waals surface area contributed by atoms with E-state index in [1.807, 2.05) is 0 Å². The number of nitrogen functional groups attached to an aromatic ring is 1. The topological polar surface area (TPSA) is 55.1 Å². The molecule has 0 radical (unpaired) electrons. The lowest BCUT2D eigenvalue weighted by Crippen LogP contribution is -2.36. The molecule has 6 heteroatoms. The van der Waals surface area contributed by atoms with Crippen molar-refractivity contribution >= 4 is 11.6 Å². The van der Waals surface area contributed by atoms with Gasteiger partial charge in [-0.1, -0.05) is 12.1 Å². The number of nitrogens with two attached hydrogens (primary N) is 1. The van der Waals surface area contributed by atoms with Gasteiger partial charge in [0.05, 0.1) is 0 Å². The third kappa shape index (κ3) is 3.49. The van der Waals surface area contributed by atoms with Crippen LogP contribution >= 0.6 is 0 Å². The highest BCUT2D eigenvalue weighted by molar-refractivity contribution is 5.81. The molecular weight excluding hydrogens is 209 g/mol. The first kappa shape index (κ1) is 11.4. The van der Waals surface area contributed by atoms with E-state index in [1.54, 1.807) is 23.5 Å². The van der Waals surface area contributed by atoms with Crippen molar-refractivity contribution < 1.29 is 18.0 Å². The van der Waals surface area contributed by atoms with Crippen molar-refractivity contribution in [1.82, 2.24) is 5.32 Å². The molecule has 0 atom stereocenters. The number of halogens is 3. The Kier molecular flexibility index (Phi) is 3.18. The highest BCUT2D eigenvalue weighted by atomic mass is 19.4. The zero-order chi connectivity index (χ0) is 11.5. The third-order valence-corrected chi connectivity index (χ3v) is 1.66. The minimum Gasteiger partial charge on any atom is -0.399 e. The summed E-state index contributed by atoms with van der Waals surface area (Å²) in [5, 5.41) is 1.75. The van der Waals surface area contributed by atoms with Crippen LogP contribution in [0.5, 0.6) is 0 Å². The normalized spacial score (nSPS) is 11.1. The predicted molar refractivity (Wildman–Crippen MR) is 48.8 cm³/mol. The van der Waals surface area contributed by atoms with E-state index in [0.29, 0.717) is 11.3 Å². The molecule has 0 heterocycles. The molecule has 0 aliphatic heterocycles. The molecule has 0 aliphatic carbocycles. The van der Waals surface area contributed by atoms with Crippen molar-refractivity contribution in [3.8, 4) is 0 Å². The molecule has 1 aromatic carbocycles. The van der Waals surface area contributed by atoms with Crippen LogP contribution in [-0.4, -0.2) is 12.1 Å². The highest BCUT2D eigenvalue weighted by Crippen LogP contribution is 2.14. The van der Waals surface area contributed by atoms with Gasteiger partial charge in [-0.2, -0.15) is 13.2 Å². The Hall–Kier alpha value is -1.72. The van der Waals surface area contributed by atoms with Crippen LogP contribution in [0.4, 0.5) is 18.9 Å². The monoisotopic (exact) mass is 218 g/mol. The van der Waals surface area contributed by atoms with Crippen LogP contribution in [0.15, 0.2) is 24.3 Å². The molecule has 0 aromatic heterocycles. The second-order valence-corrected chi connectivity index (χ2v) is 2.93. The maximum absolute atomic E-state index is 11.8. The molecular formula is C9H9F3N2O. The predicted octanol–water partition coefficient (Wildman–Crippen LogP) is 1.45. The van der Waals surface area contributed by atoms with Gasteiger partial charge in [0.15, 0.2) is 0 Å². The molecule has 0 aliphatic rings. The van der Waals surface area contributed by atoms with Gasteiger partial charge in [0.25, 0.3) is 0 Å². The molecule has 82 valence electrons. The van der Waals surface area contributed by atoms with E-state index in [0.717, 1.165) is 0 Å². The van der Waals surface area contributed by atoms with E-state index in [2.05, 4.69) is 0 Å². The molecule has 1 rings (SSSR count). The molecule has 0 bridgehead atoms. The molecule has 1 amide bonds. The first-order chi connectivity index (χ1) is 6.89. The summed E-state index contributed by atoms with van der Waals surface area (Å²) in [5.41, 5.74) is 6.38. The number of carbonyl (C=O) groups is 1. The van der Waals surface area contributed by atoms with E-state index < -0.39 is 12.1 Å². The summed E-state index contributed by atoms with van der Waals surface area (Å²) in [4.78, 5) is 10.5. The molecule has 15 heavy (non-hydrogen) atoms. The van der Waals surface area contributed by atoms with Crippen LogP contribution < -0.4 is 11.1 Å². The average Bonchev–Trinajstić information content (AvgIpc) is 2.12. The minimum atomic E-state index is -4.85. The van der Waals surface area contributed by atoms with Crippen molar-refractivity contribution in [3.63, 3.8) is 0 Å².